The molecule has 0 saturated carbocycles. The van der Waals surface area contributed by atoms with Crippen molar-refractivity contribution in [2.45, 2.75) is 19.4 Å². The van der Waals surface area contributed by atoms with E-state index < -0.39 is 0 Å². The number of nitrogens with zero attached hydrogens (tertiary/aromatic N) is 1. The standard InChI is InChI=1S/C22H22N4O2/c23-19-5-1-2-6-20(19)26-22(28)18-10-7-17(8-11-18)15-25-21(27)12-9-16-4-3-13-24-14-16/h1-8,10-11,13-14H,9,12,15,23H2,(H,25,27)(H,26,28). The van der Waals surface area contributed by atoms with Crippen LogP contribution in [0.15, 0.2) is 73.1 Å². The zero-order valence-corrected chi connectivity index (χ0v) is 15.4. The number of aromatic nitrogens is 1. The molecule has 0 atom stereocenters. The first-order valence-corrected chi connectivity index (χ1v) is 9.02. The Morgan fingerprint density at radius 2 is 1.71 bits per heavy atom. The van der Waals surface area contributed by atoms with Gasteiger partial charge in [-0.15, -0.1) is 0 Å². The van der Waals surface area contributed by atoms with Crippen molar-refractivity contribution in [1.29, 1.82) is 0 Å². The highest BCUT2D eigenvalue weighted by atomic mass is 16.2. The van der Waals surface area contributed by atoms with Gasteiger partial charge in [-0.05, 0) is 47.9 Å². The molecule has 6 nitrogen and oxygen atoms in total. The second kappa shape index (κ2) is 9.32. The smallest absolute Gasteiger partial charge is 0.255 e. The molecule has 2 aromatic carbocycles. The fraction of sp³-hybridized carbons (Fsp3) is 0.136. The van der Waals surface area contributed by atoms with Gasteiger partial charge in [0.25, 0.3) is 5.91 Å². The summed E-state index contributed by atoms with van der Waals surface area (Å²) in [5.74, 6) is -0.254. The van der Waals surface area contributed by atoms with Gasteiger partial charge in [-0.2, -0.15) is 0 Å². The molecule has 0 saturated heterocycles. The van der Waals surface area contributed by atoms with Crippen LogP contribution in [-0.4, -0.2) is 16.8 Å². The molecule has 0 bridgehead atoms. The van der Waals surface area contributed by atoms with Gasteiger partial charge in [0, 0.05) is 30.9 Å². The average Bonchev–Trinajstić information content (AvgIpc) is 2.73. The fourth-order valence-electron chi connectivity index (χ4n) is 2.67. The highest BCUT2D eigenvalue weighted by Crippen LogP contribution is 2.18. The molecule has 4 N–H and O–H groups in total. The molecule has 0 radical (unpaired) electrons. The third-order valence-corrected chi connectivity index (χ3v) is 4.28. The van der Waals surface area contributed by atoms with E-state index >= 15 is 0 Å². The molecule has 0 fully saturated rings. The predicted octanol–water partition coefficient (Wildman–Crippen LogP) is 3.17. The summed E-state index contributed by atoms with van der Waals surface area (Å²) in [6.45, 7) is 0.416. The van der Waals surface area contributed by atoms with Gasteiger partial charge in [0.1, 0.15) is 0 Å². The molecule has 3 rings (SSSR count). The zero-order chi connectivity index (χ0) is 19.8. The predicted molar refractivity (Wildman–Crippen MR) is 110 cm³/mol. The van der Waals surface area contributed by atoms with E-state index in [1.165, 1.54) is 0 Å². The van der Waals surface area contributed by atoms with Crippen molar-refractivity contribution in [1.82, 2.24) is 10.3 Å². The number of nitrogens with two attached hydrogens (primary N) is 1. The van der Waals surface area contributed by atoms with Crippen molar-refractivity contribution in [3.8, 4) is 0 Å². The Labute approximate surface area is 163 Å². The lowest BCUT2D eigenvalue weighted by molar-refractivity contribution is -0.121. The number of hydrogen-bond donors (Lipinski definition) is 3. The van der Waals surface area contributed by atoms with Crippen molar-refractivity contribution in [3.05, 3.63) is 89.7 Å². The van der Waals surface area contributed by atoms with Crippen LogP contribution in [0.1, 0.15) is 27.9 Å². The number of nitrogen functional groups attached to an aromatic ring is 1. The molecular weight excluding hydrogens is 352 g/mol. The topological polar surface area (TPSA) is 97.1 Å². The van der Waals surface area contributed by atoms with Gasteiger partial charge in [-0.1, -0.05) is 30.3 Å². The van der Waals surface area contributed by atoms with Crippen molar-refractivity contribution in [2.75, 3.05) is 11.1 Å². The van der Waals surface area contributed by atoms with E-state index in [0.717, 1.165) is 11.1 Å². The monoisotopic (exact) mass is 374 g/mol. The second-order valence-corrected chi connectivity index (χ2v) is 6.38. The lowest BCUT2D eigenvalue weighted by atomic mass is 10.1. The van der Waals surface area contributed by atoms with Crippen LogP contribution in [0.5, 0.6) is 0 Å². The molecule has 3 aromatic rings. The molecule has 2 amide bonds. The van der Waals surface area contributed by atoms with Gasteiger partial charge < -0.3 is 16.4 Å². The molecule has 0 spiro atoms. The Kier molecular flexibility index (Phi) is 6.36. The largest absolute Gasteiger partial charge is 0.397 e. The molecular formula is C22H22N4O2. The Hall–Kier alpha value is -3.67. The molecule has 28 heavy (non-hydrogen) atoms. The van der Waals surface area contributed by atoms with E-state index in [2.05, 4.69) is 15.6 Å². The maximum absolute atomic E-state index is 12.3. The van der Waals surface area contributed by atoms with Crippen LogP contribution in [0.4, 0.5) is 11.4 Å². The van der Waals surface area contributed by atoms with Crippen LogP contribution in [0.25, 0.3) is 0 Å². The van der Waals surface area contributed by atoms with E-state index in [9.17, 15) is 9.59 Å². The number of anilines is 2. The minimum absolute atomic E-state index is 0.0229. The molecule has 142 valence electrons. The SMILES string of the molecule is Nc1ccccc1NC(=O)c1ccc(CNC(=O)CCc2cccnc2)cc1. The van der Waals surface area contributed by atoms with E-state index in [4.69, 9.17) is 5.73 Å². The molecule has 1 aromatic heterocycles. The van der Waals surface area contributed by atoms with Gasteiger partial charge in [0.2, 0.25) is 5.91 Å². The summed E-state index contributed by atoms with van der Waals surface area (Å²) in [6, 6.07) is 18.0. The molecule has 1 heterocycles. The first kappa shape index (κ1) is 19.1. The number of benzene rings is 2. The number of amides is 2. The number of pyridine rings is 1. The number of para-hydroxylation sites is 2. The summed E-state index contributed by atoms with van der Waals surface area (Å²) in [5, 5.41) is 5.68. The number of carbonyl (C=O) groups is 2. The average molecular weight is 374 g/mol. The Balaban J connectivity index is 1.48. The van der Waals surface area contributed by atoms with Crippen molar-refractivity contribution < 1.29 is 9.59 Å². The second-order valence-electron chi connectivity index (χ2n) is 6.38. The highest BCUT2D eigenvalue weighted by molar-refractivity contribution is 6.05. The van der Waals surface area contributed by atoms with Crippen LogP contribution in [-0.2, 0) is 17.8 Å². The quantitative estimate of drug-likeness (QED) is 0.553. The highest BCUT2D eigenvalue weighted by Gasteiger charge is 2.08. The summed E-state index contributed by atoms with van der Waals surface area (Å²) in [7, 11) is 0. The minimum atomic E-state index is -0.232. The van der Waals surface area contributed by atoms with Crippen LogP contribution < -0.4 is 16.4 Å². The van der Waals surface area contributed by atoms with E-state index in [1.54, 1.807) is 36.7 Å². The Bertz CT molecular complexity index is 940. The summed E-state index contributed by atoms with van der Waals surface area (Å²) in [4.78, 5) is 28.4. The zero-order valence-electron chi connectivity index (χ0n) is 15.4. The van der Waals surface area contributed by atoms with Gasteiger partial charge in [-0.3, -0.25) is 14.6 Å². The summed E-state index contributed by atoms with van der Waals surface area (Å²) in [5.41, 5.74) is 9.42. The molecule has 6 heteroatoms. The molecule has 0 aliphatic carbocycles. The lowest BCUT2D eigenvalue weighted by Gasteiger charge is -2.09. The summed E-state index contributed by atoms with van der Waals surface area (Å²) < 4.78 is 0. The van der Waals surface area contributed by atoms with E-state index in [1.807, 2.05) is 36.4 Å². The first-order valence-electron chi connectivity index (χ1n) is 9.02. The van der Waals surface area contributed by atoms with Gasteiger partial charge in [-0.25, -0.2) is 0 Å². The Morgan fingerprint density at radius 3 is 2.43 bits per heavy atom. The number of aryl methyl sites for hydroxylation is 1. The van der Waals surface area contributed by atoms with Crippen LogP contribution in [0.2, 0.25) is 0 Å². The summed E-state index contributed by atoms with van der Waals surface area (Å²) in [6.07, 6.45) is 4.54. The Morgan fingerprint density at radius 1 is 0.929 bits per heavy atom. The first-order chi connectivity index (χ1) is 13.6. The van der Waals surface area contributed by atoms with Gasteiger partial charge >= 0.3 is 0 Å². The third kappa shape index (κ3) is 5.41. The number of rotatable bonds is 7. The fourth-order valence-corrected chi connectivity index (χ4v) is 2.67. The number of carbonyl (C=O) groups excluding carboxylic acids is 2. The van der Waals surface area contributed by atoms with Gasteiger partial charge in [0.15, 0.2) is 0 Å². The third-order valence-electron chi connectivity index (χ3n) is 4.28. The molecule has 0 aliphatic heterocycles. The molecule has 0 aliphatic rings. The van der Waals surface area contributed by atoms with Crippen molar-refractivity contribution >= 4 is 23.2 Å². The van der Waals surface area contributed by atoms with E-state index in [-0.39, 0.29) is 11.8 Å². The summed E-state index contributed by atoms with van der Waals surface area (Å²) >= 11 is 0. The van der Waals surface area contributed by atoms with Crippen LogP contribution in [0.3, 0.4) is 0 Å². The molecule has 0 unspecified atom stereocenters. The van der Waals surface area contributed by atoms with Gasteiger partial charge in [0.05, 0.1) is 11.4 Å². The lowest BCUT2D eigenvalue weighted by Crippen LogP contribution is -2.23. The van der Waals surface area contributed by atoms with Crippen LogP contribution in [0, 0.1) is 0 Å². The minimum Gasteiger partial charge on any atom is -0.397 e. The maximum atomic E-state index is 12.3. The van der Waals surface area contributed by atoms with Crippen LogP contribution >= 0.6 is 0 Å². The number of nitrogens with one attached hydrogen (secondary N) is 2. The van der Waals surface area contributed by atoms with Crippen molar-refractivity contribution in [3.63, 3.8) is 0 Å². The normalized spacial score (nSPS) is 10.3. The number of hydrogen-bond acceptors (Lipinski definition) is 4. The van der Waals surface area contributed by atoms with E-state index in [0.29, 0.717) is 36.3 Å². The maximum Gasteiger partial charge on any atom is 0.255 e. The van der Waals surface area contributed by atoms with Crippen molar-refractivity contribution in [2.24, 2.45) is 0 Å².